The lowest BCUT2D eigenvalue weighted by molar-refractivity contribution is 0.553. The fraction of sp³-hybridized carbons (Fsp3) is 0.750. The van der Waals surface area contributed by atoms with Crippen molar-refractivity contribution in [3.05, 3.63) is 0 Å². The Morgan fingerprint density at radius 2 is 2.08 bits per heavy atom. The molecule has 74 valence electrons. The van der Waals surface area contributed by atoms with Crippen LogP contribution in [0.5, 0.6) is 0 Å². The van der Waals surface area contributed by atoms with Crippen molar-refractivity contribution in [2.45, 2.75) is 31.0 Å². The van der Waals surface area contributed by atoms with Crippen molar-refractivity contribution in [1.29, 1.82) is 0 Å². The normalized spacial score (nSPS) is 11.0. The van der Waals surface area contributed by atoms with Crippen LogP contribution in [0, 0.1) is 5.92 Å². The van der Waals surface area contributed by atoms with Crippen LogP contribution >= 0.6 is 23.1 Å². The van der Waals surface area contributed by atoms with Crippen LogP contribution in [0.2, 0.25) is 0 Å². The van der Waals surface area contributed by atoms with Crippen molar-refractivity contribution in [2.24, 2.45) is 5.92 Å². The summed E-state index contributed by atoms with van der Waals surface area (Å²) >= 11 is 3.23. The molecular formula is C8H15N3S2. The summed E-state index contributed by atoms with van der Waals surface area (Å²) in [7, 11) is 0. The van der Waals surface area contributed by atoms with Crippen molar-refractivity contribution in [3.8, 4) is 0 Å². The van der Waals surface area contributed by atoms with Gasteiger partial charge in [-0.15, -0.1) is 10.2 Å². The predicted molar refractivity (Wildman–Crippen MR) is 59.1 cm³/mol. The quantitative estimate of drug-likeness (QED) is 0.770. The average molecular weight is 217 g/mol. The van der Waals surface area contributed by atoms with Gasteiger partial charge < -0.3 is 5.73 Å². The van der Waals surface area contributed by atoms with E-state index in [1.807, 2.05) is 0 Å². The molecule has 1 heterocycles. The van der Waals surface area contributed by atoms with E-state index >= 15 is 0 Å². The lowest BCUT2D eigenvalue weighted by Gasteiger charge is -2.08. The van der Waals surface area contributed by atoms with Crippen LogP contribution in [-0.4, -0.2) is 16.0 Å². The SMILES string of the molecule is CCC(CC)CSc1nnc(N)s1. The number of rotatable bonds is 5. The maximum absolute atomic E-state index is 5.48. The van der Waals surface area contributed by atoms with E-state index in [0.29, 0.717) is 5.13 Å². The summed E-state index contributed by atoms with van der Waals surface area (Å²) in [5.41, 5.74) is 5.48. The van der Waals surface area contributed by atoms with Gasteiger partial charge in [0, 0.05) is 5.75 Å². The van der Waals surface area contributed by atoms with E-state index in [2.05, 4.69) is 24.0 Å². The molecule has 1 aromatic rings. The van der Waals surface area contributed by atoms with Crippen LogP contribution in [0.25, 0.3) is 0 Å². The van der Waals surface area contributed by atoms with Crippen molar-refractivity contribution in [1.82, 2.24) is 10.2 Å². The molecule has 1 aromatic heterocycles. The minimum atomic E-state index is 0.562. The predicted octanol–water partition coefficient (Wildman–Crippen LogP) is 2.65. The number of nitrogens with two attached hydrogens (primary N) is 1. The molecule has 0 saturated carbocycles. The van der Waals surface area contributed by atoms with Crippen molar-refractivity contribution >= 4 is 28.2 Å². The van der Waals surface area contributed by atoms with Crippen LogP contribution in [-0.2, 0) is 0 Å². The topological polar surface area (TPSA) is 51.8 Å². The third kappa shape index (κ3) is 3.52. The molecule has 0 unspecified atom stereocenters. The molecule has 13 heavy (non-hydrogen) atoms. The van der Waals surface area contributed by atoms with Crippen LogP contribution in [0.15, 0.2) is 4.34 Å². The Hall–Kier alpha value is -0.290. The highest BCUT2D eigenvalue weighted by Crippen LogP contribution is 2.26. The average Bonchev–Trinajstić information content (AvgIpc) is 2.53. The van der Waals surface area contributed by atoms with Crippen LogP contribution < -0.4 is 5.73 Å². The van der Waals surface area contributed by atoms with E-state index in [4.69, 9.17) is 5.73 Å². The van der Waals surface area contributed by atoms with E-state index in [1.54, 1.807) is 11.8 Å². The molecule has 0 aliphatic rings. The van der Waals surface area contributed by atoms with Crippen molar-refractivity contribution < 1.29 is 0 Å². The van der Waals surface area contributed by atoms with E-state index in [1.165, 1.54) is 24.2 Å². The maximum Gasteiger partial charge on any atom is 0.203 e. The van der Waals surface area contributed by atoms with E-state index in [-0.39, 0.29) is 0 Å². The highest BCUT2D eigenvalue weighted by molar-refractivity contribution is 8.01. The van der Waals surface area contributed by atoms with Crippen molar-refractivity contribution in [2.75, 3.05) is 11.5 Å². The smallest absolute Gasteiger partial charge is 0.203 e. The molecule has 0 radical (unpaired) electrons. The second-order valence-electron chi connectivity index (χ2n) is 2.90. The van der Waals surface area contributed by atoms with Crippen molar-refractivity contribution in [3.63, 3.8) is 0 Å². The third-order valence-electron chi connectivity index (χ3n) is 2.02. The van der Waals surface area contributed by atoms with Gasteiger partial charge in [-0.2, -0.15) is 0 Å². The number of aromatic nitrogens is 2. The number of nitrogens with zero attached hydrogens (tertiary/aromatic N) is 2. The van der Waals surface area contributed by atoms with E-state index < -0.39 is 0 Å². The second-order valence-corrected chi connectivity index (χ2v) is 5.18. The Labute approximate surface area is 87.1 Å². The summed E-state index contributed by atoms with van der Waals surface area (Å²) < 4.78 is 0.990. The van der Waals surface area contributed by atoms with E-state index in [9.17, 15) is 0 Å². The molecule has 0 bridgehead atoms. The fourth-order valence-corrected chi connectivity index (χ4v) is 2.98. The summed E-state index contributed by atoms with van der Waals surface area (Å²) in [4.78, 5) is 0. The molecule has 0 aromatic carbocycles. The summed E-state index contributed by atoms with van der Waals surface area (Å²) in [5.74, 6) is 1.91. The first-order valence-corrected chi connectivity index (χ1v) is 6.28. The molecule has 0 aliphatic carbocycles. The van der Waals surface area contributed by atoms with Gasteiger partial charge in [0.2, 0.25) is 5.13 Å². The Kier molecular flexibility index (Phi) is 4.52. The molecule has 1 rings (SSSR count). The van der Waals surface area contributed by atoms with Gasteiger partial charge in [-0.05, 0) is 5.92 Å². The first-order valence-electron chi connectivity index (χ1n) is 4.48. The Bertz CT molecular complexity index is 245. The Balaban J connectivity index is 2.33. The van der Waals surface area contributed by atoms with Gasteiger partial charge in [-0.3, -0.25) is 0 Å². The van der Waals surface area contributed by atoms with Crippen LogP contribution in [0.1, 0.15) is 26.7 Å². The summed E-state index contributed by atoms with van der Waals surface area (Å²) in [5, 5.41) is 8.30. The monoisotopic (exact) mass is 217 g/mol. The fourth-order valence-electron chi connectivity index (χ4n) is 0.992. The number of nitrogen functional groups attached to an aromatic ring is 1. The Morgan fingerprint density at radius 1 is 1.38 bits per heavy atom. The second kappa shape index (κ2) is 5.44. The standard InChI is InChI=1S/C8H15N3S2/c1-3-6(4-2)5-12-8-11-10-7(9)13-8/h6H,3-5H2,1-2H3,(H2,9,10). The zero-order valence-electron chi connectivity index (χ0n) is 7.99. The van der Waals surface area contributed by atoms with Gasteiger partial charge in [-0.25, -0.2) is 0 Å². The lowest BCUT2D eigenvalue weighted by atomic mass is 10.1. The number of anilines is 1. The van der Waals surface area contributed by atoms with Gasteiger partial charge in [0.15, 0.2) is 4.34 Å². The summed E-state index contributed by atoms with van der Waals surface area (Å²) in [6.45, 7) is 4.45. The van der Waals surface area contributed by atoms with Gasteiger partial charge >= 0.3 is 0 Å². The van der Waals surface area contributed by atoms with Gasteiger partial charge in [-0.1, -0.05) is 49.8 Å². The maximum atomic E-state index is 5.48. The third-order valence-corrected chi connectivity index (χ3v) is 4.14. The zero-order chi connectivity index (χ0) is 9.68. The Morgan fingerprint density at radius 3 is 2.54 bits per heavy atom. The minimum absolute atomic E-state index is 0.562. The first-order chi connectivity index (χ1) is 6.26. The first kappa shape index (κ1) is 10.8. The zero-order valence-corrected chi connectivity index (χ0v) is 9.62. The highest BCUT2D eigenvalue weighted by Gasteiger charge is 2.07. The molecule has 0 atom stereocenters. The molecule has 0 fully saturated rings. The molecule has 5 heteroatoms. The number of hydrogen-bond donors (Lipinski definition) is 1. The molecule has 0 amide bonds. The minimum Gasteiger partial charge on any atom is -0.374 e. The van der Waals surface area contributed by atoms with Crippen LogP contribution in [0.3, 0.4) is 0 Å². The molecule has 0 saturated heterocycles. The van der Waals surface area contributed by atoms with Gasteiger partial charge in [0.25, 0.3) is 0 Å². The van der Waals surface area contributed by atoms with Gasteiger partial charge in [0.05, 0.1) is 0 Å². The molecule has 2 N–H and O–H groups in total. The van der Waals surface area contributed by atoms with Crippen LogP contribution in [0.4, 0.5) is 5.13 Å². The van der Waals surface area contributed by atoms with E-state index in [0.717, 1.165) is 16.0 Å². The molecule has 3 nitrogen and oxygen atoms in total. The highest BCUT2D eigenvalue weighted by atomic mass is 32.2. The lowest BCUT2D eigenvalue weighted by Crippen LogP contribution is -1.99. The molecule has 0 aliphatic heterocycles. The molecular weight excluding hydrogens is 202 g/mol. The largest absolute Gasteiger partial charge is 0.374 e. The summed E-state index contributed by atoms with van der Waals surface area (Å²) in [6.07, 6.45) is 2.47. The number of hydrogen-bond acceptors (Lipinski definition) is 5. The molecule has 0 spiro atoms. The number of thioether (sulfide) groups is 1. The summed E-state index contributed by atoms with van der Waals surface area (Å²) in [6, 6.07) is 0. The van der Waals surface area contributed by atoms with Gasteiger partial charge in [0.1, 0.15) is 0 Å².